The Balaban J connectivity index is 1.65. The lowest BCUT2D eigenvalue weighted by molar-refractivity contribution is 0.0951. The fourth-order valence-electron chi connectivity index (χ4n) is 2.56. The van der Waals surface area contributed by atoms with Crippen LogP contribution in [0.4, 0.5) is 0 Å². The maximum absolute atomic E-state index is 12.5. The van der Waals surface area contributed by atoms with E-state index in [4.69, 9.17) is 4.74 Å². The van der Waals surface area contributed by atoms with Gasteiger partial charge in [0, 0.05) is 31.3 Å². The SMILES string of the molecule is COCCS(=O)(=O)N(Cc1ccc(C(=O)NC2CC2)cc1)C1CC1. The number of carbonyl (C=O) groups excluding carboxylic acids is 1. The van der Waals surface area contributed by atoms with Crippen LogP contribution in [-0.2, 0) is 21.3 Å². The fourth-order valence-corrected chi connectivity index (χ4v) is 4.18. The van der Waals surface area contributed by atoms with Gasteiger partial charge in [-0.3, -0.25) is 4.79 Å². The molecule has 2 aliphatic rings. The van der Waals surface area contributed by atoms with Crippen LogP contribution in [0, 0.1) is 0 Å². The third-order valence-electron chi connectivity index (χ3n) is 4.32. The molecule has 2 saturated carbocycles. The Morgan fingerprint density at radius 1 is 1.21 bits per heavy atom. The fraction of sp³-hybridized carbons (Fsp3) is 0.588. The molecule has 0 aliphatic heterocycles. The van der Waals surface area contributed by atoms with E-state index in [0.29, 0.717) is 18.2 Å². The number of benzene rings is 1. The van der Waals surface area contributed by atoms with Gasteiger partial charge >= 0.3 is 0 Å². The first-order valence-corrected chi connectivity index (χ1v) is 9.99. The van der Waals surface area contributed by atoms with E-state index in [1.165, 1.54) is 7.11 Å². The van der Waals surface area contributed by atoms with Crippen molar-refractivity contribution in [2.75, 3.05) is 19.5 Å². The minimum atomic E-state index is -3.32. The zero-order valence-corrected chi connectivity index (χ0v) is 14.7. The minimum Gasteiger partial charge on any atom is -0.384 e. The van der Waals surface area contributed by atoms with Crippen LogP contribution in [0.5, 0.6) is 0 Å². The smallest absolute Gasteiger partial charge is 0.251 e. The molecule has 0 bridgehead atoms. The highest BCUT2D eigenvalue weighted by atomic mass is 32.2. The van der Waals surface area contributed by atoms with Crippen LogP contribution in [0.3, 0.4) is 0 Å². The maximum Gasteiger partial charge on any atom is 0.251 e. The average molecular weight is 352 g/mol. The van der Waals surface area contributed by atoms with Gasteiger partial charge in [-0.25, -0.2) is 8.42 Å². The molecule has 6 nitrogen and oxygen atoms in total. The topological polar surface area (TPSA) is 75.7 Å². The van der Waals surface area contributed by atoms with Gasteiger partial charge in [0.1, 0.15) is 0 Å². The minimum absolute atomic E-state index is 0.00186. The van der Waals surface area contributed by atoms with Gasteiger partial charge < -0.3 is 10.1 Å². The molecule has 1 amide bonds. The second-order valence-electron chi connectivity index (χ2n) is 6.53. The van der Waals surface area contributed by atoms with E-state index in [9.17, 15) is 13.2 Å². The zero-order valence-electron chi connectivity index (χ0n) is 13.9. The summed E-state index contributed by atoms with van der Waals surface area (Å²) in [6.07, 6.45) is 3.93. The number of hydrogen-bond donors (Lipinski definition) is 1. The molecule has 7 heteroatoms. The van der Waals surface area contributed by atoms with E-state index in [1.54, 1.807) is 16.4 Å². The molecule has 0 atom stereocenters. The molecule has 1 N–H and O–H groups in total. The van der Waals surface area contributed by atoms with Gasteiger partial charge in [0.05, 0.1) is 12.4 Å². The lowest BCUT2D eigenvalue weighted by atomic mass is 10.1. The number of amides is 1. The van der Waals surface area contributed by atoms with Gasteiger partial charge in [0.15, 0.2) is 0 Å². The van der Waals surface area contributed by atoms with Crippen molar-refractivity contribution in [3.8, 4) is 0 Å². The summed E-state index contributed by atoms with van der Waals surface area (Å²) in [6, 6.07) is 7.63. The summed E-state index contributed by atoms with van der Waals surface area (Å²) in [7, 11) is -1.82. The lowest BCUT2D eigenvalue weighted by Gasteiger charge is -2.22. The molecule has 132 valence electrons. The Morgan fingerprint density at radius 3 is 2.42 bits per heavy atom. The molecule has 0 radical (unpaired) electrons. The van der Waals surface area contributed by atoms with Crippen molar-refractivity contribution in [2.24, 2.45) is 0 Å². The van der Waals surface area contributed by atoms with Crippen molar-refractivity contribution >= 4 is 15.9 Å². The summed E-state index contributed by atoms with van der Waals surface area (Å²) in [5.41, 5.74) is 1.51. The van der Waals surface area contributed by atoms with Crippen molar-refractivity contribution in [3.05, 3.63) is 35.4 Å². The summed E-state index contributed by atoms with van der Waals surface area (Å²) in [5.74, 6) is -0.0576. The van der Waals surface area contributed by atoms with Crippen LogP contribution in [0.1, 0.15) is 41.6 Å². The Bertz CT molecular complexity index is 679. The predicted molar refractivity (Wildman–Crippen MR) is 91.2 cm³/mol. The predicted octanol–water partition coefficient (Wildman–Crippen LogP) is 1.52. The molecule has 2 fully saturated rings. The summed E-state index contributed by atoms with van der Waals surface area (Å²) < 4.78 is 31.4. The van der Waals surface area contributed by atoms with E-state index in [-0.39, 0.29) is 24.3 Å². The summed E-state index contributed by atoms with van der Waals surface area (Å²) in [6.45, 7) is 0.549. The first kappa shape index (κ1) is 17.4. The Morgan fingerprint density at radius 2 is 1.88 bits per heavy atom. The molecule has 3 rings (SSSR count). The van der Waals surface area contributed by atoms with Gasteiger partial charge in [-0.15, -0.1) is 0 Å². The maximum atomic E-state index is 12.5. The molecule has 24 heavy (non-hydrogen) atoms. The number of rotatable bonds is 9. The van der Waals surface area contributed by atoms with Crippen LogP contribution >= 0.6 is 0 Å². The molecule has 0 heterocycles. The largest absolute Gasteiger partial charge is 0.384 e. The van der Waals surface area contributed by atoms with Crippen LogP contribution in [0.15, 0.2) is 24.3 Å². The van der Waals surface area contributed by atoms with Crippen molar-refractivity contribution in [1.82, 2.24) is 9.62 Å². The molecular formula is C17H24N2O4S. The number of hydrogen-bond acceptors (Lipinski definition) is 4. The number of sulfonamides is 1. The molecule has 2 aliphatic carbocycles. The average Bonchev–Trinajstić information content (AvgIpc) is 3.45. The van der Waals surface area contributed by atoms with Crippen molar-refractivity contribution in [3.63, 3.8) is 0 Å². The van der Waals surface area contributed by atoms with E-state index in [0.717, 1.165) is 31.2 Å². The monoisotopic (exact) mass is 352 g/mol. The standard InChI is InChI=1S/C17H24N2O4S/c1-23-10-11-24(21,22)19(16-8-9-16)12-13-2-4-14(5-3-13)17(20)18-15-6-7-15/h2-5,15-16H,6-12H2,1H3,(H,18,20). The normalized spacial score (nSPS) is 17.9. The highest BCUT2D eigenvalue weighted by Crippen LogP contribution is 2.31. The molecule has 1 aromatic carbocycles. The number of ether oxygens (including phenoxy) is 1. The van der Waals surface area contributed by atoms with Crippen LogP contribution in [0.25, 0.3) is 0 Å². The molecular weight excluding hydrogens is 328 g/mol. The first-order chi connectivity index (χ1) is 11.5. The quantitative estimate of drug-likeness (QED) is 0.731. The number of nitrogens with zero attached hydrogens (tertiary/aromatic N) is 1. The highest BCUT2D eigenvalue weighted by Gasteiger charge is 2.36. The van der Waals surface area contributed by atoms with Gasteiger partial charge in [0.2, 0.25) is 10.0 Å². The zero-order chi connectivity index (χ0) is 17.2. The van der Waals surface area contributed by atoms with E-state index in [2.05, 4.69) is 5.32 Å². The highest BCUT2D eigenvalue weighted by molar-refractivity contribution is 7.89. The summed E-state index contributed by atoms with van der Waals surface area (Å²) in [5, 5.41) is 2.95. The third kappa shape index (κ3) is 4.55. The van der Waals surface area contributed by atoms with E-state index < -0.39 is 10.0 Å². The molecule has 0 aromatic heterocycles. The Kier molecular flexibility index (Phi) is 5.22. The van der Waals surface area contributed by atoms with Gasteiger partial charge in [-0.2, -0.15) is 4.31 Å². The molecule has 0 saturated heterocycles. The van der Waals surface area contributed by atoms with Crippen molar-refractivity contribution in [1.29, 1.82) is 0 Å². The van der Waals surface area contributed by atoms with Crippen LogP contribution in [-0.4, -0.2) is 50.2 Å². The van der Waals surface area contributed by atoms with E-state index >= 15 is 0 Å². The number of carbonyl (C=O) groups is 1. The second kappa shape index (κ2) is 7.21. The summed E-state index contributed by atoms with van der Waals surface area (Å²) >= 11 is 0. The first-order valence-electron chi connectivity index (χ1n) is 8.38. The Labute approximate surface area is 143 Å². The lowest BCUT2D eigenvalue weighted by Crippen LogP contribution is -2.35. The summed E-state index contributed by atoms with van der Waals surface area (Å²) in [4.78, 5) is 12.0. The molecule has 0 spiro atoms. The third-order valence-corrected chi connectivity index (χ3v) is 6.15. The molecule has 1 aromatic rings. The van der Waals surface area contributed by atoms with Crippen LogP contribution < -0.4 is 5.32 Å². The van der Waals surface area contributed by atoms with Gasteiger partial charge in [-0.05, 0) is 43.4 Å². The number of nitrogens with one attached hydrogen (secondary N) is 1. The van der Waals surface area contributed by atoms with Gasteiger partial charge in [0.25, 0.3) is 5.91 Å². The second-order valence-corrected chi connectivity index (χ2v) is 8.57. The van der Waals surface area contributed by atoms with Crippen LogP contribution in [0.2, 0.25) is 0 Å². The van der Waals surface area contributed by atoms with Gasteiger partial charge in [-0.1, -0.05) is 12.1 Å². The molecule has 0 unspecified atom stereocenters. The van der Waals surface area contributed by atoms with Crippen molar-refractivity contribution in [2.45, 2.75) is 44.3 Å². The Hall–Kier alpha value is -1.44. The van der Waals surface area contributed by atoms with E-state index in [1.807, 2.05) is 12.1 Å². The number of methoxy groups -OCH3 is 1. The van der Waals surface area contributed by atoms with Crippen molar-refractivity contribution < 1.29 is 17.9 Å².